The number of ether oxygens (including phenoxy) is 1. The average Bonchev–Trinajstić information content (AvgIpc) is 2.86. The van der Waals surface area contributed by atoms with E-state index in [0.717, 1.165) is 0 Å². The number of carbonyl (C=O) groups is 3. The van der Waals surface area contributed by atoms with Crippen LogP contribution in [0.4, 0.5) is 0 Å². The number of carbonyl (C=O) groups excluding carboxylic acids is 1. The molecule has 0 bridgehead atoms. The molecule has 0 aliphatic carbocycles. The molecule has 0 aliphatic rings. The van der Waals surface area contributed by atoms with Gasteiger partial charge in [0.25, 0.3) is 5.91 Å². The lowest BCUT2D eigenvalue weighted by Crippen LogP contribution is -2.40. The van der Waals surface area contributed by atoms with Crippen LogP contribution in [0.1, 0.15) is 35.5 Å². The molecule has 21 heavy (non-hydrogen) atoms. The molecule has 0 aromatic carbocycles. The Labute approximate surface area is 119 Å². The van der Waals surface area contributed by atoms with Gasteiger partial charge in [-0.25, -0.2) is 4.79 Å². The fourth-order valence-electron chi connectivity index (χ4n) is 1.58. The number of carboxylic acids is 2. The molecular weight excluding hydrogens is 284 g/mol. The molecule has 116 valence electrons. The molecule has 3 N–H and O–H groups in total. The van der Waals surface area contributed by atoms with Crippen LogP contribution >= 0.6 is 0 Å². The number of rotatable bonds is 9. The van der Waals surface area contributed by atoms with Gasteiger partial charge < -0.3 is 24.8 Å². The maximum atomic E-state index is 11.8. The third kappa shape index (κ3) is 5.61. The number of amides is 1. The van der Waals surface area contributed by atoms with Crippen LogP contribution in [-0.2, 0) is 20.9 Å². The molecule has 1 atom stereocenters. The van der Waals surface area contributed by atoms with Gasteiger partial charge in [0.1, 0.15) is 12.6 Å². The summed E-state index contributed by atoms with van der Waals surface area (Å²) < 4.78 is 9.62. The molecule has 0 saturated carbocycles. The maximum absolute atomic E-state index is 11.8. The van der Waals surface area contributed by atoms with Crippen molar-refractivity contribution in [2.75, 3.05) is 7.11 Å². The summed E-state index contributed by atoms with van der Waals surface area (Å²) in [5, 5.41) is 23.3. The fraction of sp³-hybridized carbons (Fsp3) is 0.500. The van der Waals surface area contributed by atoms with Crippen molar-refractivity contribution >= 4 is 17.8 Å². The molecule has 1 heterocycles. The summed E-state index contributed by atoms with van der Waals surface area (Å²) in [5.41, 5.74) is -0.0634. The third-order valence-corrected chi connectivity index (χ3v) is 2.57. The summed E-state index contributed by atoms with van der Waals surface area (Å²) in [5.74, 6) is -2.63. The molecule has 0 aliphatic heterocycles. The van der Waals surface area contributed by atoms with Gasteiger partial charge in [-0.15, -0.1) is 0 Å². The SMILES string of the molecule is COCc1cc(C(=O)N[C@H](CCCC(=O)O)C(=O)O)no1. The number of methoxy groups -OCH3 is 1. The zero-order chi connectivity index (χ0) is 15.8. The van der Waals surface area contributed by atoms with Gasteiger partial charge in [-0.2, -0.15) is 0 Å². The van der Waals surface area contributed by atoms with E-state index in [-0.39, 0.29) is 31.6 Å². The Morgan fingerprint density at radius 3 is 2.71 bits per heavy atom. The monoisotopic (exact) mass is 300 g/mol. The maximum Gasteiger partial charge on any atom is 0.326 e. The highest BCUT2D eigenvalue weighted by Crippen LogP contribution is 2.07. The summed E-state index contributed by atoms with van der Waals surface area (Å²) in [6.07, 6.45) is -0.0158. The van der Waals surface area contributed by atoms with Crippen molar-refractivity contribution in [2.24, 2.45) is 0 Å². The zero-order valence-electron chi connectivity index (χ0n) is 11.4. The minimum absolute atomic E-state index is 0.0101. The van der Waals surface area contributed by atoms with E-state index in [4.69, 9.17) is 19.5 Å². The molecule has 9 nitrogen and oxygen atoms in total. The average molecular weight is 300 g/mol. The van der Waals surface area contributed by atoms with E-state index in [9.17, 15) is 14.4 Å². The van der Waals surface area contributed by atoms with Crippen molar-refractivity contribution in [3.63, 3.8) is 0 Å². The second-order valence-corrected chi connectivity index (χ2v) is 4.26. The Morgan fingerprint density at radius 2 is 2.14 bits per heavy atom. The van der Waals surface area contributed by atoms with Crippen molar-refractivity contribution in [2.45, 2.75) is 31.9 Å². The van der Waals surface area contributed by atoms with E-state index in [1.807, 2.05) is 0 Å². The Balaban J connectivity index is 2.58. The van der Waals surface area contributed by atoms with Gasteiger partial charge in [0.05, 0.1) is 0 Å². The first-order valence-corrected chi connectivity index (χ1v) is 6.14. The normalized spacial score (nSPS) is 11.9. The highest BCUT2D eigenvalue weighted by Gasteiger charge is 2.22. The van der Waals surface area contributed by atoms with Crippen LogP contribution in [0, 0.1) is 0 Å². The Kier molecular flexibility index (Phi) is 6.34. The van der Waals surface area contributed by atoms with Crippen molar-refractivity contribution < 1.29 is 33.9 Å². The molecular formula is C12H16N2O7. The fourth-order valence-corrected chi connectivity index (χ4v) is 1.58. The van der Waals surface area contributed by atoms with Crippen molar-refractivity contribution in [3.05, 3.63) is 17.5 Å². The smallest absolute Gasteiger partial charge is 0.326 e. The number of carboxylic acid groups (broad SMARTS) is 2. The van der Waals surface area contributed by atoms with E-state index in [1.54, 1.807) is 0 Å². The lowest BCUT2D eigenvalue weighted by molar-refractivity contribution is -0.140. The van der Waals surface area contributed by atoms with Crippen LogP contribution in [0.2, 0.25) is 0 Å². The minimum atomic E-state index is -1.24. The van der Waals surface area contributed by atoms with Crippen LogP contribution < -0.4 is 5.32 Å². The number of hydrogen-bond donors (Lipinski definition) is 3. The van der Waals surface area contributed by atoms with E-state index in [1.165, 1.54) is 13.2 Å². The van der Waals surface area contributed by atoms with E-state index >= 15 is 0 Å². The van der Waals surface area contributed by atoms with Gasteiger partial charge in [0, 0.05) is 19.6 Å². The van der Waals surface area contributed by atoms with E-state index < -0.39 is 23.9 Å². The number of hydrogen-bond acceptors (Lipinski definition) is 6. The summed E-state index contributed by atoms with van der Waals surface area (Å²) in [7, 11) is 1.45. The van der Waals surface area contributed by atoms with Crippen molar-refractivity contribution in [1.82, 2.24) is 10.5 Å². The highest BCUT2D eigenvalue weighted by atomic mass is 16.5. The Hall–Kier alpha value is -2.42. The summed E-state index contributed by atoms with van der Waals surface area (Å²) in [6.45, 7) is 0.140. The lowest BCUT2D eigenvalue weighted by Gasteiger charge is -2.12. The summed E-state index contributed by atoms with van der Waals surface area (Å²) >= 11 is 0. The second kappa shape index (κ2) is 8.00. The first-order chi connectivity index (χ1) is 9.93. The molecule has 0 spiro atoms. The van der Waals surface area contributed by atoms with Crippen LogP contribution in [0.3, 0.4) is 0 Å². The van der Waals surface area contributed by atoms with Crippen LogP contribution in [0.25, 0.3) is 0 Å². The van der Waals surface area contributed by atoms with E-state index in [2.05, 4.69) is 10.5 Å². The Morgan fingerprint density at radius 1 is 1.43 bits per heavy atom. The first kappa shape index (κ1) is 16.6. The lowest BCUT2D eigenvalue weighted by atomic mass is 10.1. The molecule has 0 unspecified atom stereocenters. The van der Waals surface area contributed by atoms with Gasteiger partial charge in [-0.1, -0.05) is 5.16 Å². The van der Waals surface area contributed by atoms with Gasteiger partial charge in [-0.05, 0) is 12.8 Å². The molecule has 1 aromatic heterocycles. The van der Waals surface area contributed by atoms with Gasteiger partial charge >= 0.3 is 11.9 Å². The number of nitrogens with zero attached hydrogens (tertiary/aromatic N) is 1. The largest absolute Gasteiger partial charge is 0.481 e. The third-order valence-electron chi connectivity index (χ3n) is 2.57. The standard InChI is InChI=1S/C12H16N2O7/c1-20-6-7-5-9(14-21-7)11(17)13-8(12(18)19)3-2-4-10(15)16/h5,8H,2-4,6H2,1H3,(H,13,17)(H,15,16)(H,18,19)/t8-/m1/s1. The van der Waals surface area contributed by atoms with Gasteiger partial charge in [-0.3, -0.25) is 9.59 Å². The quantitative estimate of drug-likeness (QED) is 0.590. The summed E-state index contributed by atoms with van der Waals surface area (Å²) in [6, 6.07) is 0.161. The second-order valence-electron chi connectivity index (χ2n) is 4.26. The van der Waals surface area contributed by atoms with Gasteiger partial charge in [0.15, 0.2) is 11.5 Å². The molecule has 0 radical (unpaired) electrons. The molecule has 9 heteroatoms. The molecule has 1 aromatic rings. The van der Waals surface area contributed by atoms with Crippen LogP contribution in [0.15, 0.2) is 10.6 Å². The molecule has 1 amide bonds. The Bertz CT molecular complexity index is 511. The number of nitrogens with one attached hydrogen (secondary N) is 1. The van der Waals surface area contributed by atoms with Crippen LogP contribution in [0.5, 0.6) is 0 Å². The molecule has 0 fully saturated rings. The summed E-state index contributed by atoms with van der Waals surface area (Å²) in [4.78, 5) is 33.2. The topological polar surface area (TPSA) is 139 Å². The number of aliphatic carboxylic acids is 2. The van der Waals surface area contributed by atoms with E-state index in [0.29, 0.717) is 5.76 Å². The van der Waals surface area contributed by atoms with Crippen molar-refractivity contribution in [3.8, 4) is 0 Å². The predicted molar refractivity (Wildman–Crippen MR) is 67.6 cm³/mol. The van der Waals surface area contributed by atoms with Crippen LogP contribution in [-0.4, -0.2) is 46.4 Å². The molecule has 0 saturated heterocycles. The van der Waals surface area contributed by atoms with Crippen molar-refractivity contribution in [1.29, 1.82) is 0 Å². The molecule has 1 rings (SSSR count). The highest BCUT2D eigenvalue weighted by molar-refractivity contribution is 5.94. The number of aromatic nitrogens is 1. The first-order valence-electron chi connectivity index (χ1n) is 6.14. The zero-order valence-corrected chi connectivity index (χ0v) is 11.4. The predicted octanol–water partition coefficient (Wildman–Crippen LogP) is 0.259. The minimum Gasteiger partial charge on any atom is -0.481 e. The van der Waals surface area contributed by atoms with Gasteiger partial charge in [0.2, 0.25) is 0 Å².